The first-order valence-electron chi connectivity index (χ1n) is 9.62. The number of hydrogen-bond acceptors (Lipinski definition) is 4. The molecule has 8 heteroatoms. The van der Waals surface area contributed by atoms with Gasteiger partial charge in [0.05, 0.1) is 17.7 Å². The third kappa shape index (κ3) is 6.31. The predicted molar refractivity (Wildman–Crippen MR) is 117 cm³/mol. The Bertz CT molecular complexity index is 1140. The maximum Gasteiger partial charge on any atom is 0.255 e. The molecule has 0 bridgehead atoms. The van der Waals surface area contributed by atoms with Crippen LogP contribution in [0.2, 0.25) is 0 Å². The number of rotatable bonds is 9. The number of nitrogens with one attached hydrogen (secondary N) is 1. The van der Waals surface area contributed by atoms with Gasteiger partial charge in [-0.25, -0.2) is 18.2 Å². The van der Waals surface area contributed by atoms with Crippen LogP contribution in [0.3, 0.4) is 0 Å². The molecule has 160 valence electrons. The minimum Gasteiger partial charge on any atom is -0.272 e. The Kier molecular flexibility index (Phi) is 7.64. The summed E-state index contributed by atoms with van der Waals surface area (Å²) in [5.74, 6) is -1.10. The Morgan fingerprint density at radius 3 is 2.23 bits per heavy atom. The second-order valence-corrected chi connectivity index (χ2v) is 8.64. The molecule has 3 rings (SSSR count). The van der Waals surface area contributed by atoms with Crippen LogP contribution < -0.4 is 5.43 Å². The first-order valence-corrected chi connectivity index (χ1v) is 11.1. The highest BCUT2D eigenvalue weighted by atomic mass is 32.2. The van der Waals surface area contributed by atoms with Crippen LogP contribution in [-0.2, 0) is 21.2 Å². The fourth-order valence-corrected chi connectivity index (χ4v) is 4.29. The van der Waals surface area contributed by atoms with Gasteiger partial charge in [-0.1, -0.05) is 66.7 Å². The van der Waals surface area contributed by atoms with E-state index >= 15 is 0 Å². The summed E-state index contributed by atoms with van der Waals surface area (Å²) in [5, 5.41) is 3.74. The highest BCUT2D eigenvalue weighted by Gasteiger charge is 2.26. The smallest absolute Gasteiger partial charge is 0.255 e. The number of carbonyl (C=O) groups excluding carboxylic acids is 1. The molecule has 6 nitrogen and oxygen atoms in total. The van der Waals surface area contributed by atoms with Crippen molar-refractivity contribution in [2.75, 3.05) is 13.1 Å². The van der Waals surface area contributed by atoms with E-state index in [2.05, 4.69) is 10.5 Å². The van der Waals surface area contributed by atoms with Crippen molar-refractivity contribution in [1.29, 1.82) is 0 Å². The van der Waals surface area contributed by atoms with E-state index in [9.17, 15) is 17.6 Å². The summed E-state index contributed by atoms with van der Waals surface area (Å²) in [7, 11) is -3.89. The molecule has 0 atom stereocenters. The molecule has 0 aliphatic carbocycles. The van der Waals surface area contributed by atoms with Crippen LogP contribution in [0.15, 0.2) is 94.9 Å². The molecule has 0 fully saturated rings. The van der Waals surface area contributed by atoms with Crippen LogP contribution in [0, 0.1) is 5.82 Å². The standard InChI is InChI=1S/C23H22FN3O3S/c24-22-14-8-7-11-20(22)17-25-26-23(28)18-27(16-15-19-9-3-1-4-10-19)31(29,30)21-12-5-2-6-13-21/h1-14,17H,15-16,18H2,(H,26,28)/b25-17+. The molecule has 0 aromatic heterocycles. The van der Waals surface area contributed by atoms with E-state index in [0.717, 1.165) is 9.87 Å². The van der Waals surface area contributed by atoms with Gasteiger partial charge < -0.3 is 0 Å². The molecule has 0 saturated carbocycles. The third-order valence-electron chi connectivity index (χ3n) is 4.49. The van der Waals surface area contributed by atoms with Crippen molar-refractivity contribution in [2.45, 2.75) is 11.3 Å². The number of hydrazone groups is 1. The third-order valence-corrected chi connectivity index (χ3v) is 6.35. The van der Waals surface area contributed by atoms with Gasteiger partial charge in [-0.3, -0.25) is 4.79 Å². The largest absolute Gasteiger partial charge is 0.272 e. The van der Waals surface area contributed by atoms with Crippen LogP contribution in [0.4, 0.5) is 4.39 Å². The summed E-state index contributed by atoms with van der Waals surface area (Å²) in [6, 6.07) is 23.3. The quantitative estimate of drug-likeness (QED) is 0.411. The number of nitrogens with zero attached hydrogens (tertiary/aromatic N) is 2. The second-order valence-electron chi connectivity index (χ2n) is 6.70. The molecule has 31 heavy (non-hydrogen) atoms. The van der Waals surface area contributed by atoms with Crippen LogP contribution in [0.1, 0.15) is 11.1 Å². The van der Waals surface area contributed by atoms with E-state index in [1.54, 1.807) is 30.3 Å². The van der Waals surface area contributed by atoms with Gasteiger partial charge in [0.15, 0.2) is 0 Å². The number of halogens is 1. The SMILES string of the molecule is O=C(CN(CCc1ccccc1)S(=O)(=O)c1ccccc1)N/N=C/c1ccccc1F. The predicted octanol–water partition coefficient (Wildman–Crippen LogP) is 3.21. The topological polar surface area (TPSA) is 78.8 Å². The van der Waals surface area contributed by atoms with E-state index in [-0.39, 0.29) is 17.0 Å². The molecule has 0 heterocycles. The van der Waals surface area contributed by atoms with E-state index in [1.807, 2.05) is 30.3 Å². The summed E-state index contributed by atoms with van der Waals surface area (Å²) < 4.78 is 40.9. The van der Waals surface area contributed by atoms with Gasteiger partial charge in [0, 0.05) is 12.1 Å². The Balaban J connectivity index is 1.72. The summed E-state index contributed by atoms with van der Waals surface area (Å²) >= 11 is 0. The van der Waals surface area contributed by atoms with Gasteiger partial charge in [-0.2, -0.15) is 9.41 Å². The monoisotopic (exact) mass is 439 g/mol. The molecule has 3 aromatic rings. The molecule has 1 amide bonds. The Morgan fingerprint density at radius 1 is 0.935 bits per heavy atom. The maximum absolute atomic E-state index is 13.6. The van der Waals surface area contributed by atoms with Crippen LogP contribution in [0.25, 0.3) is 0 Å². The lowest BCUT2D eigenvalue weighted by molar-refractivity contribution is -0.121. The molecular formula is C23H22FN3O3S. The average Bonchev–Trinajstić information content (AvgIpc) is 2.79. The molecular weight excluding hydrogens is 417 g/mol. The first kappa shape index (κ1) is 22.3. The second kappa shape index (κ2) is 10.6. The molecule has 0 aliphatic heterocycles. The number of benzene rings is 3. The van der Waals surface area contributed by atoms with Crippen molar-refractivity contribution >= 4 is 22.1 Å². The van der Waals surface area contributed by atoms with Crippen molar-refractivity contribution in [3.8, 4) is 0 Å². The first-order chi connectivity index (χ1) is 15.0. The molecule has 0 saturated heterocycles. The molecule has 0 radical (unpaired) electrons. The highest BCUT2D eigenvalue weighted by molar-refractivity contribution is 7.89. The maximum atomic E-state index is 13.6. The number of hydrogen-bond donors (Lipinski definition) is 1. The van der Waals surface area contributed by atoms with Crippen molar-refractivity contribution in [1.82, 2.24) is 9.73 Å². The lowest BCUT2D eigenvalue weighted by Gasteiger charge is -2.21. The molecule has 0 unspecified atom stereocenters. The molecule has 1 N–H and O–H groups in total. The van der Waals surface area contributed by atoms with Gasteiger partial charge in [0.25, 0.3) is 5.91 Å². The zero-order chi connectivity index (χ0) is 22.1. The fraction of sp³-hybridized carbons (Fsp3) is 0.130. The van der Waals surface area contributed by atoms with E-state index in [0.29, 0.717) is 6.42 Å². The van der Waals surface area contributed by atoms with Gasteiger partial charge in [-0.15, -0.1) is 0 Å². The van der Waals surface area contributed by atoms with Crippen molar-refractivity contribution in [2.24, 2.45) is 5.10 Å². The van der Waals surface area contributed by atoms with Crippen LogP contribution >= 0.6 is 0 Å². The van der Waals surface area contributed by atoms with E-state index in [4.69, 9.17) is 0 Å². The zero-order valence-electron chi connectivity index (χ0n) is 16.7. The minimum atomic E-state index is -3.89. The molecule has 0 spiro atoms. The van der Waals surface area contributed by atoms with E-state index in [1.165, 1.54) is 30.5 Å². The Morgan fingerprint density at radius 2 is 1.55 bits per heavy atom. The van der Waals surface area contributed by atoms with Crippen molar-refractivity contribution in [3.63, 3.8) is 0 Å². The number of carbonyl (C=O) groups is 1. The summed E-state index contributed by atoms with van der Waals surface area (Å²) in [6.45, 7) is -0.301. The number of amides is 1. The normalized spacial score (nSPS) is 11.7. The van der Waals surface area contributed by atoms with Crippen LogP contribution in [0.5, 0.6) is 0 Å². The molecule has 0 aliphatic rings. The summed E-state index contributed by atoms with van der Waals surface area (Å²) in [4.78, 5) is 12.5. The highest BCUT2D eigenvalue weighted by Crippen LogP contribution is 2.16. The minimum absolute atomic E-state index is 0.103. The van der Waals surface area contributed by atoms with Gasteiger partial charge in [0.2, 0.25) is 10.0 Å². The Labute approximate surface area is 181 Å². The fourth-order valence-electron chi connectivity index (χ4n) is 2.87. The summed E-state index contributed by atoms with van der Waals surface area (Å²) in [5.41, 5.74) is 3.43. The lowest BCUT2D eigenvalue weighted by atomic mass is 10.1. The van der Waals surface area contributed by atoms with Gasteiger partial charge in [0.1, 0.15) is 5.82 Å². The average molecular weight is 440 g/mol. The lowest BCUT2D eigenvalue weighted by Crippen LogP contribution is -2.40. The van der Waals surface area contributed by atoms with Crippen LogP contribution in [-0.4, -0.2) is 37.9 Å². The van der Waals surface area contributed by atoms with E-state index < -0.39 is 28.3 Å². The number of sulfonamides is 1. The zero-order valence-corrected chi connectivity index (χ0v) is 17.5. The molecule has 3 aromatic carbocycles. The van der Waals surface area contributed by atoms with Gasteiger partial charge >= 0.3 is 0 Å². The van der Waals surface area contributed by atoms with Crippen molar-refractivity contribution < 1.29 is 17.6 Å². The van der Waals surface area contributed by atoms with Crippen molar-refractivity contribution in [3.05, 3.63) is 102 Å². The van der Waals surface area contributed by atoms with Gasteiger partial charge in [-0.05, 0) is 30.2 Å². The Hall–Kier alpha value is -3.36. The summed E-state index contributed by atoms with van der Waals surface area (Å²) in [6.07, 6.45) is 1.62.